The third kappa shape index (κ3) is 2.24. The van der Waals surface area contributed by atoms with Crippen LogP contribution < -0.4 is 5.32 Å². The van der Waals surface area contributed by atoms with Crippen molar-refractivity contribution in [1.82, 2.24) is 20.2 Å². The fraction of sp³-hybridized carbons (Fsp3) is 0.250. The summed E-state index contributed by atoms with van der Waals surface area (Å²) in [6, 6.07) is 0. The number of nitrogens with zero attached hydrogens (tertiary/aromatic N) is 4. The van der Waals surface area contributed by atoms with E-state index < -0.39 is 0 Å². The highest BCUT2D eigenvalue weighted by atomic mass is 32.2. The zero-order chi connectivity index (χ0) is 10.7. The summed E-state index contributed by atoms with van der Waals surface area (Å²) in [5.74, 6) is 0.844. The van der Waals surface area contributed by atoms with Crippen molar-refractivity contribution in [1.29, 1.82) is 0 Å². The summed E-state index contributed by atoms with van der Waals surface area (Å²) in [6.07, 6.45) is 1.54. The summed E-state index contributed by atoms with van der Waals surface area (Å²) in [4.78, 5) is 8.33. The molecule has 2 aromatic rings. The first-order valence-electron chi connectivity index (χ1n) is 4.24. The largest absolute Gasteiger partial charge is 0.373 e. The van der Waals surface area contributed by atoms with E-state index in [0.717, 1.165) is 20.7 Å². The highest BCUT2D eigenvalue weighted by molar-refractivity contribution is 8.01. The van der Waals surface area contributed by atoms with Gasteiger partial charge in [-0.1, -0.05) is 11.3 Å². The minimum absolute atomic E-state index is 0.844. The van der Waals surface area contributed by atoms with Crippen LogP contribution in [0.4, 0.5) is 5.82 Å². The van der Waals surface area contributed by atoms with E-state index in [4.69, 9.17) is 0 Å². The fourth-order valence-corrected chi connectivity index (χ4v) is 2.52. The van der Waals surface area contributed by atoms with E-state index in [9.17, 15) is 0 Å². The van der Waals surface area contributed by atoms with Gasteiger partial charge in [0.2, 0.25) is 0 Å². The van der Waals surface area contributed by atoms with Crippen LogP contribution in [0.3, 0.4) is 0 Å². The van der Waals surface area contributed by atoms with Gasteiger partial charge >= 0.3 is 0 Å². The van der Waals surface area contributed by atoms with Crippen molar-refractivity contribution in [3.05, 3.63) is 17.4 Å². The van der Waals surface area contributed by atoms with Crippen molar-refractivity contribution in [3.8, 4) is 0 Å². The van der Waals surface area contributed by atoms with E-state index in [1.54, 1.807) is 11.8 Å². The lowest BCUT2D eigenvalue weighted by Gasteiger charge is -2.06. The van der Waals surface area contributed by atoms with E-state index >= 15 is 0 Å². The second-order valence-electron chi connectivity index (χ2n) is 2.71. The van der Waals surface area contributed by atoms with Crippen LogP contribution in [0.25, 0.3) is 0 Å². The summed E-state index contributed by atoms with van der Waals surface area (Å²) < 4.78 is 0.888. The average Bonchev–Trinajstić information content (AvgIpc) is 2.74. The van der Waals surface area contributed by atoms with Gasteiger partial charge in [-0.25, -0.2) is 9.97 Å². The van der Waals surface area contributed by atoms with Crippen molar-refractivity contribution in [2.75, 3.05) is 12.4 Å². The monoisotopic (exact) mass is 239 g/mol. The molecule has 0 amide bonds. The van der Waals surface area contributed by atoms with E-state index in [0.29, 0.717) is 0 Å². The lowest BCUT2D eigenvalue weighted by molar-refractivity contribution is 0.983. The maximum Gasteiger partial charge on any atom is 0.180 e. The number of anilines is 1. The van der Waals surface area contributed by atoms with Crippen LogP contribution in [0.2, 0.25) is 0 Å². The molecule has 0 saturated heterocycles. The molecule has 0 aliphatic heterocycles. The Kier molecular flexibility index (Phi) is 3.12. The molecule has 0 aliphatic rings. The van der Waals surface area contributed by atoms with Crippen molar-refractivity contribution >= 4 is 28.9 Å². The van der Waals surface area contributed by atoms with Crippen molar-refractivity contribution in [2.24, 2.45) is 0 Å². The number of hydrogen-bond donors (Lipinski definition) is 1. The Morgan fingerprint density at radius 2 is 2.27 bits per heavy atom. The van der Waals surface area contributed by atoms with E-state index in [1.165, 1.54) is 23.1 Å². The molecule has 15 heavy (non-hydrogen) atoms. The van der Waals surface area contributed by atoms with Gasteiger partial charge < -0.3 is 5.32 Å². The first-order valence-corrected chi connectivity index (χ1v) is 5.94. The summed E-state index contributed by atoms with van der Waals surface area (Å²) in [5.41, 5.74) is 2.73. The Bertz CT molecular complexity index is 442. The third-order valence-corrected chi connectivity index (χ3v) is 3.68. The predicted octanol–water partition coefficient (Wildman–Crippen LogP) is 1.83. The summed E-state index contributed by atoms with van der Waals surface area (Å²) in [6.45, 7) is 1.98. The lowest BCUT2D eigenvalue weighted by atomic mass is 10.3. The van der Waals surface area contributed by atoms with Gasteiger partial charge in [0.15, 0.2) is 4.34 Å². The average molecular weight is 239 g/mol. The number of rotatable bonds is 3. The van der Waals surface area contributed by atoms with E-state index in [1.807, 2.05) is 14.0 Å². The smallest absolute Gasteiger partial charge is 0.180 e. The molecule has 0 atom stereocenters. The van der Waals surface area contributed by atoms with Gasteiger partial charge in [0.1, 0.15) is 22.7 Å². The highest BCUT2D eigenvalue weighted by Crippen LogP contribution is 2.30. The summed E-state index contributed by atoms with van der Waals surface area (Å²) in [7, 11) is 1.84. The minimum Gasteiger partial charge on any atom is -0.373 e. The molecular weight excluding hydrogens is 230 g/mol. The zero-order valence-corrected chi connectivity index (χ0v) is 9.89. The van der Waals surface area contributed by atoms with Crippen LogP contribution in [0.15, 0.2) is 21.2 Å². The predicted molar refractivity (Wildman–Crippen MR) is 60.3 cm³/mol. The Morgan fingerprint density at radius 3 is 2.93 bits per heavy atom. The SMILES string of the molecule is CNc1ncnc(Sc2nncs2)c1C. The highest BCUT2D eigenvalue weighted by Gasteiger charge is 2.08. The summed E-state index contributed by atoms with van der Waals surface area (Å²) >= 11 is 3.00. The Hall–Kier alpha value is -1.21. The lowest BCUT2D eigenvalue weighted by Crippen LogP contribution is -1.98. The first kappa shape index (κ1) is 10.3. The molecule has 0 radical (unpaired) electrons. The van der Waals surface area contributed by atoms with Gasteiger partial charge in [-0.05, 0) is 18.7 Å². The second kappa shape index (κ2) is 4.54. The van der Waals surface area contributed by atoms with Gasteiger partial charge in [0, 0.05) is 12.6 Å². The molecule has 1 N–H and O–H groups in total. The molecule has 0 fully saturated rings. The number of nitrogens with one attached hydrogen (secondary N) is 1. The van der Waals surface area contributed by atoms with Gasteiger partial charge in [0.25, 0.3) is 0 Å². The molecule has 2 rings (SSSR count). The quantitative estimate of drug-likeness (QED) is 0.824. The van der Waals surface area contributed by atoms with Crippen LogP contribution in [-0.4, -0.2) is 27.2 Å². The third-order valence-electron chi connectivity index (χ3n) is 1.80. The molecule has 0 unspecified atom stereocenters. The van der Waals surface area contributed by atoms with Gasteiger partial charge in [-0.15, -0.1) is 10.2 Å². The summed E-state index contributed by atoms with van der Waals surface area (Å²) in [5, 5.41) is 11.7. The van der Waals surface area contributed by atoms with Gasteiger partial charge in [-0.2, -0.15) is 0 Å². The molecule has 0 bridgehead atoms. The molecule has 2 heterocycles. The van der Waals surface area contributed by atoms with Crippen molar-refractivity contribution in [3.63, 3.8) is 0 Å². The van der Waals surface area contributed by atoms with Crippen LogP contribution in [0.1, 0.15) is 5.56 Å². The van der Waals surface area contributed by atoms with Crippen molar-refractivity contribution in [2.45, 2.75) is 16.3 Å². The van der Waals surface area contributed by atoms with Crippen LogP contribution in [0.5, 0.6) is 0 Å². The molecule has 0 saturated carbocycles. The maximum absolute atomic E-state index is 4.21. The van der Waals surface area contributed by atoms with Crippen LogP contribution >= 0.6 is 23.1 Å². The normalized spacial score (nSPS) is 10.3. The molecule has 0 spiro atoms. The van der Waals surface area contributed by atoms with Gasteiger partial charge in [-0.3, -0.25) is 0 Å². The zero-order valence-electron chi connectivity index (χ0n) is 8.26. The number of aromatic nitrogens is 4. The molecule has 0 aromatic carbocycles. The topological polar surface area (TPSA) is 63.6 Å². The molecule has 5 nitrogen and oxygen atoms in total. The molecule has 2 aromatic heterocycles. The molecule has 0 aliphatic carbocycles. The standard InChI is InChI=1S/C8H9N5S2/c1-5-6(9-2)10-3-11-7(5)15-8-13-12-4-14-8/h3-4H,1-2H3,(H,9,10,11). The van der Waals surface area contributed by atoms with Crippen molar-refractivity contribution < 1.29 is 0 Å². The van der Waals surface area contributed by atoms with Crippen LogP contribution in [-0.2, 0) is 0 Å². The molecular formula is C8H9N5S2. The van der Waals surface area contributed by atoms with E-state index in [2.05, 4.69) is 25.5 Å². The second-order valence-corrected chi connectivity index (χ2v) is 4.78. The molecule has 7 heteroatoms. The molecule has 78 valence electrons. The Balaban J connectivity index is 2.29. The first-order chi connectivity index (χ1) is 7.31. The van der Waals surface area contributed by atoms with Gasteiger partial charge in [0.05, 0.1) is 0 Å². The maximum atomic E-state index is 4.21. The Labute approximate surface area is 95.4 Å². The fourth-order valence-electron chi connectivity index (χ4n) is 1.08. The Morgan fingerprint density at radius 1 is 1.40 bits per heavy atom. The van der Waals surface area contributed by atoms with E-state index in [-0.39, 0.29) is 0 Å². The number of hydrogen-bond acceptors (Lipinski definition) is 7. The van der Waals surface area contributed by atoms with Crippen LogP contribution in [0, 0.1) is 6.92 Å². The minimum atomic E-state index is 0.844.